The van der Waals surface area contributed by atoms with Gasteiger partial charge in [-0.1, -0.05) is 53.5 Å². The third-order valence-electron chi connectivity index (χ3n) is 4.75. The number of hydrogen-bond acceptors (Lipinski definition) is 4. The van der Waals surface area contributed by atoms with Crippen LogP contribution in [-0.2, 0) is 6.54 Å². The molecular formula is C21H19Cl2N3OS. The van der Waals surface area contributed by atoms with Crippen molar-refractivity contribution in [3.63, 3.8) is 0 Å². The lowest BCUT2D eigenvalue weighted by Crippen LogP contribution is -2.48. The van der Waals surface area contributed by atoms with Crippen molar-refractivity contribution in [2.75, 3.05) is 26.2 Å². The third-order valence-corrected chi connectivity index (χ3v) is 6.02. The normalized spacial score (nSPS) is 15.0. The summed E-state index contributed by atoms with van der Waals surface area (Å²) in [5.74, 6) is -0.0235. The molecule has 0 saturated carbocycles. The summed E-state index contributed by atoms with van der Waals surface area (Å²) in [7, 11) is 0. The van der Waals surface area contributed by atoms with Crippen LogP contribution in [-0.4, -0.2) is 46.9 Å². The van der Waals surface area contributed by atoms with Gasteiger partial charge in [0.1, 0.15) is 5.01 Å². The van der Waals surface area contributed by atoms with Gasteiger partial charge >= 0.3 is 0 Å². The van der Waals surface area contributed by atoms with Crippen LogP contribution in [0.3, 0.4) is 0 Å². The number of thiazole rings is 1. The van der Waals surface area contributed by atoms with Gasteiger partial charge in [-0.2, -0.15) is 0 Å². The molecule has 4 nitrogen and oxygen atoms in total. The monoisotopic (exact) mass is 431 g/mol. The molecule has 3 aromatic rings. The van der Waals surface area contributed by atoms with Crippen molar-refractivity contribution in [3.8, 4) is 11.3 Å². The molecule has 0 N–H and O–H groups in total. The Morgan fingerprint density at radius 1 is 1.00 bits per heavy atom. The molecule has 1 aromatic heterocycles. The number of amides is 1. The minimum atomic E-state index is -0.0235. The van der Waals surface area contributed by atoms with Crippen molar-refractivity contribution in [1.29, 1.82) is 0 Å². The second kappa shape index (κ2) is 8.62. The van der Waals surface area contributed by atoms with E-state index in [-0.39, 0.29) is 5.91 Å². The second-order valence-corrected chi connectivity index (χ2v) is 8.53. The molecule has 0 bridgehead atoms. The molecule has 28 heavy (non-hydrogen) atoms. The lowest BCUT2D eigenvalue weighted by molar-refractivity contribution is 0.0628. The zero-order chi connectivity index (χ0) is 19.5. The molecule has 7 heteroatoms. The number of aromatic nitrogens is 1. The van der Waals surface area contributed by atoms with E-state index in [1.807, 2.05) is 23.1 Å². The summed E-state index contributed by atoms with van der Waals surface area (Å²) in [6.07, 6.45) is 0. The highest BCUT2D eigenvalue weighted by molar-refractivity contribution is 7.09. The predicted molar refractivity (Wildman–Crippen MR) is 115 cm³/mol. The van der Waals surface area contributed by atoms with Gasteiger partial charge in [-0.25, -0.2) is 4.98 Å². The van der Waals surface area contributed by atoms with E-state index in [0.29, 0.717) is 28.7 Å². The number of piperazine rings is 1. The Labute approximate surface area is 178 Å². The summed E-state index contributed by atoms with van der Waals surface area (Å²) in [6, 6.07) is 15.2. The Morgan fingerprint density at radius 2 is 1.68 bits per heavy atom. The fourth-order valence-electron chi connectivity index (χ4n) is 3.29. The first-order valence-electron chi connectivity index (χ1n) is 9.06. The highest BCUT2D eigenvalue weighted by atomic mass is 35.5. The van der Waals surface area contributed by atoms with Crippen molar-refractivity contribution < 1.29 is 4.79 Å². The Kier molecular flexibility index (Phi) is 5.97. The van der Waals surface area contributed by atoms with Crippen molar-refractivity contribution in [2.24, 2.45) is 0 Å². The summed E-state index contributed by atoms with van der Waals surface area (Å²) in [4.78, 5) is 21.7. The summed E-state index contributed by atoms with van der Waals surface area (Å²) < 4.78 is 0. The lowest BCUT2D eigenvalue weighted by atomic mass is 10.2. The van der Waals surface area contributed by atoms with Crippen LogP contribution in [0.25, 0.3) is 11.3 Å². The largest absolute Gasteiger partial charge is 0.336 e. The minimum absolute atomic E-state index is 0.0235. The lowest BCUT2D eigenvalue weighted by Gasteiger charge is -2.34. The highest BCUT2D eigenvalue weighted by Gasteiger charge is 2.23. The molecule has 0 atom stereocenters. The number of carbonyl (C=O) groups is 1. The van der Waals surface area contributed by atoms with E-state index in [2.05, 4.69) is 22.4 Å². The molecule has 1 saturated heterocycles. The van der Waals surface area contributed by atoms with Gasteiger partial charge in [-0.05, 0) is 18.2 Å². The van der Waals surface area contributed by atoms with Crippen LogP contribution in [0.4, 0.5) is 0 Å². The fourth-order valence-corrected chi connectivity index (χ4v) is 4.66. The van der Waals surface area contributed by atoms with E-state index in [9.17, 15) is 4.79 Å². The predicted octanol–water partition coefficient (Wildman–Crippen LogP) is 5.07. The van der Waals surface area contributed by atoms with Crippen molar-refractivity contribution in [2.45, 2.75) is 6.54 Å². The topological polar surface area (TPSA) is 36.4 Å². The van der Waals surface area contributed by atoms with Gasteiger partial charge in [0.15, 0.2) is 0 Å². The maximum Gasteiger partial charge on any atom is 0.254 e. The third kappa shape index (κ3) is 4.55. The van der Waals surface area contributed by atoms with Crippen LogP contribution in [0.1, 0.15) is 15.4 Å². The molecule has 0 unspecified atom stereocenters. The summed E-state index contributed by atoms with van der Waals surface area (Å²) in [6.45, 7) is 3.81. The van der Waals surface area contributed by atoms with Crippen LogP contribution >= 0.6 is 34.5 Å². The van der Waals surface area contributed by atoms with Gasteiger partial charge in [-0.3, -0.25) is 9.69 Å². The molecule has 4 rings (SSSR count). The molecule has 2 aromatic carbocycles. The fraction of sp³-hybridized carbons (Fsp3) is 0.238. The maximum absolute atomic E-state index is 12.7. The van der Waals surface area contributed by atoms with Gasteiger partial charge in [0.25, 0.3) is 5.91 Å². The van der Waals surface area contributed by atoms with E-state index in [0.717, 1.165) is 35.9 Å². The molecule has 0 aliphatic carbocycles. The number of halogens is 2. The first kappa shape index (κ1) is 19.4. The molecule has 1 amide bonds. The first-order chi connectivity index (χ1) is 13.6. The van der Waals surface area contributed by atoms with Gasteiger partial charge in [0.2, 0.25) is 0 Å². The Morgan fingerprint density at radius 3 is 2.36 bits per heavy atom. The Hall–Kier alpha value is -1.92. The molecule has 0 radical (unpaired) electrons. The smallest absolute Gasteiger partial charge is 0.254 e. The van der Waals surface area contributed by atoms with Crippen LogP contribution < -0.4 is 0 Å². The molecular weight excluding hydrogens is 413 g/mol. The number of benzene rings is 2. The zero-order valence-corrected chi connectivity index (χ0v) is 17.5. The SMILES string of the molecule is O=C(c1cc(Cl)cc(Cl)c1)N1CCN(Cc2nc(-c3ccccc3)cs2)CC1. The van der Waals surface area contributed by atoms with Crippen LogP contribution in [0, 0.1) is 0 Å². The molecule has 144 valence electrons. The number of carbonyl (C=O) groups excluding carboxylic acids is 1. The molecule has 2 heterocycles. The first-order valence-corrected chi connectivity index (χ1v) is 10.7. The molecule has 1 fully saturated rings. The van der Waals surface area contributed by atoms with Crippen LogP contribution in [0.5, 0.6) is 0 Å². The summed E-state index contributed by atoms with van der Waals surface area (Å²) in [5.41, 5.74) is 2.70. The molecule has 1 aliphatic heterocycles. The van der Waals surface area contributed by atoms with Crippen molar-refractivity contribution in [3.05, 3.63) is 74.5 Å². The van der Waals surface area contributed by atoms with Gasteiger partial charge in [0, 0.05) is 52.7 Å². The molecule has 0 spiro atoms. The average Bonchev–Trinajstić information content (AvgIpc) is 3.16. The maximum atomic E-state index is 12.7. The summed E-state index contributed by atoms with van der Waals surface area (Å²) >= 11 is 13.7. The van der Waals surface area contributed by atoms with Gasteiger partial charge in [-0.15, -0.1) is 11.3 Å². The second-order valence-electron chi connectivity index (χ2n) is 6.72. The van der Waals surface area contributed by atoms with E-state index < -0.39 is 0 Å². The minimum Gasteiger partial charge on any atom is -0.336 e. The number of hydrogen-bond donors (Lipinski definition) is 0. The van der Waals surface area contributed by atoms with Gasteiger partial charge < -0.3 is 4.90 Å². The Balaban J connectivity index is 1.34. The zero-order valence-electron chi connectivity index (χ0n) is 15.1. The van der Waals surface area contributed by atoms with Crippen molar-refractivity contribution >= 4 is 40.4 Å². The quantitative estimate of drug-likeness (QED) is 0.577. The molecule has 1 aliphatic rings. The highest BCUT2D eigenvalue weighted by Crippen LogP contribution is 2.24. The number of nitrogens with zero attached hydrogens (tertiary/aromatic N) is 3. The number of rotatable bonds is 4. The van der Waals surface area contributed by atoms with E-state index in [1.54, 1.807) is 29.5 Å². The van der Waals surface area contributed by atoms with Crippen LogP contribution in [0.15, 0.2) is 53.9 Å². The van der Waals surface area contributed by atoms with Crippen molar-refractivity contribution in [1.82, 2.24) is 14.8 Å². The van der Waals surface area contributed by atoms with E-state index in [4.69, 9.17) is 28.2 Å². The van der Waals surface area contributed by atoms with E-state index in [1.165, 1.54) is 0 Å². The summed E-state index contributed by atoms with van der Waals surface area (Å²) in [5, 5.41) is 4.16. The van der Waals surface area contributed by atoms with Crippen LogP contribution in [0.2, 0.25) is 10.0 Å². The standard InChI is InChI=1S/C21H19Cl2N3OS/c22-17-10-16(11-18(23)12-17)21(27)26-8-6-25(7-9-26)13-20-24-19(14-28-20)15-4-2-1-3-5-15/h1-5,10-12,14H,6-9,13H2. The van der Waals surface area contributed by atoms with E-state index >= 15 is 0 Å². The van der Waals surface area contributed by atoms with Gasteiger partial charge in [0.05, 0.1) is 12.2 Å². The average molecular weight is 432 g/mol. The Bertz CT molecular complexity index is 949.